The summed E-state index contributed by atoms with van der Waals surface area (Å²) in [7, 11) is 0. The molecule has 0 fully saturated rings. The third-order valence-corrected chi connectivity index (χ3v) is 7.68. The fraction of sp³-hybridized carbons (Fsp3) is 0.267. The monoisotopic (exact) mass is 655 g/mol. The van der Waals surface area contributed by atoms with Crippen LogP contribution in [-0.2, 0) is 28.3 Å². The van der Waals surface area contributed by atoms with Crippen molar-refractivity contribution in [3.63, 3.8) is 0 Å². The summed E-state index contributed by atoms with van der Waals surface area (Å²) in [5.41, 5.74) is 0.0615. The van der Waals surface area contributed by atoms with Crippen LogP contribution in [0.3, 0.4) is 0 Å². The minimum absolute atomic E-state index is 0.00456. The number of hydrogen-bond acceptors (Lipinski definition) is 6. The first-order chi connectivity index (χ1) is 19.1. The lowest BCUT2D eigenvalue weighted by atomic mass is 9.82. The van der Waals surface area contributed by atoms with Gasteiger partial charge in [-0.05, 0) is 51.9 Å². The summed E-state index contributed by atoms with van der Waals surface area (Å²) in [6, 6.07) is 21.1. The quantitative estimate of drug-likeness (QED) is 0.135. The van der Waals surface area contributed by atoms with Crippen molar-refractivity contribution < 1.29 is 24.7 Å². The molecule has 1 aliphatic rings. The Labute approximate surface area is 246 Å². The number of carbonyl (C=O) groups excluding carboxylic acids is 2. The topological polar surface area (TPSA) is 124 Å². The Balaban J connectivity index is 1.57. The number of benzene rings is 3. The molecule has 10 heteroatoms. The molecule has 40 heavy (non-hydrogen) atoms. The first-order valence-corrected chi connectivity index (χ1v) is 13.9. The summed E-state index contributed by atoms with van der Waals surface area (Å²) in [4.78, 5) is 40.6. The summed E-state index contributed by atoms with van der Waals surface area (Å²) in [5, 5.41) is 32.8. The molecule has 208 valence electrons. The van der Waals surface area contributed by atoms with E-state index in [-0.39, 0.29) is 43.3 Å². The van der Waals surface area contributed by atoms with Crippen LogP contribution >= 0.6 is 22.6 Å². The van der Waals surface area contributed by atoms with Gasteiger partial charge in [0.05, 0.1) is 23.8 Å². The zero-order valence-corrected chi connectivity index (χ0v) is 24.1. The Morgan fingerprint density at radius 2 is 1.85 bits per heavy atom. The molecule has 1 aliphatic heterocycles. The summed E-state index contributed by atoms with van der Waals surface area (Å²) in [6.45, 7) is 2.17. The van der Waals surface area contributed by atoms with Gasteiger partial charge >= 0.3 is 0 Å². The van der Waals surface area contributed by atoms with Crippen LogP contribution in [0.4, 0.5) is 11.4 Å². The fourth-order valence-electron chi connectivity index (χ4n) is 4.88. The van der Waals surface area contributed by atoms with Gasteiger partial charge in [-0.25, -0.2) is 0 Å². The standard InChI is InChI=1S/C30H30IN3O6/c1-21(7-5-12-28(36)32(15-16-35)19-22-8-3-2-4-9-22)30(38)26-18-25(34(39)40)13-14-27(26)33(29(30)37)20-23-10-6-11-24(31)17-23/h2-11,13-14,17-18,21,35,38H,12,15-16,19-20H2,1H3/b7-5+/t21-,30+/m0/s1. The molecule has 0 spiro atoms. The van der Waals surface area contributed by atoms with E-state index in [1.165, 1.54) is 23.1 Å². The van der Waals surface area contributed by atoms with Crippen LogP contribution in [-0.4, -0.2) is 45.0 Å². The van der Waals surface area contributed by atoms with Crippen molar-refractivity contribution in [3.8, 4) is 0 Å². The smallest absolute Gasteiger partial charge is 0.269 e. The second-order valence-electron chi connectivity index (χ2n) is 9.69. The van der Waals surface area contributed by atoms with Gasteiger partial charge in [0, 0.05) is 46.7 Å². The van der Waals surface area contributed by atoms with Crippen molar-refractivity contribution in [1.82, 2.24) is 4.90 Å². The van der Waals surface area contributed by atoms with E-state index in [9.17, 15) is 29.9 Å². The lowest BCUT2D eigenvalue weighted by molar-refractivity contribution is -0.385. The number of aliphatic hydroxyl groups is 2. The molecule has 3 aromatic rings. The highest BCUT2D eigenvalue weighted by molar-refractivity contribution is 14.1. The highest BCUT2D eigenvalue weighted by atomic mass is 127. The maximum atomic E-state index is 13.8. The highest BCUT2D eigenvalue weighted by Crippen LogP contribution is 2.47. The molecular formula is C30H30IN3O6. The molecule has 2 atom stereocenters. The number of aliphatic hydroxyl groups excluding tert-OH is 1. The number of carbonyl (C=O) groups is 2. The van der Waals surface area contributed by atoms with E-state index in [4.69, 9.17) is 0 Å². The summed E-state index contributed by atoms with van der Waals surface area (Å²) in [5.74, 6) is -1.60. The van der Waals surface area contributed by atoms with Crippen molar-refractivity contribution in [1.29, 1.82) is 0 Å². The van der Waals surface area contributed by atoms with E-state index >= 15 is 0 Å². The Kier molecular flexibility index (Phi) is 9.33. The Hall–Kier alpha value is -3.61. The first-order valence-electron chi connectivity index (χ1n) is 12.8. The number of non-ortho nitro benzene ring substituents is 1. The van der Waals surface area contributed by atoms with Crippen molar-refractivity contribution in [3.05, 3.63) is 115 Å². The molecular weight excluding hydrogens is 625 g/mol. The minimum Gasteiger partial charge on any atom is -0.395 e. The minimum atomic E-state index is -2.06. The molecule has 0 radical (unpaired) electrons. The van der Waals surface area contributed by atoms with Crippen molar-refractivity contribution >= 4 is 45.8 Å². The molecule has 2 amide bonds. The number of nitro benzene ring substituents is 1. The number of fused-ring (bicyclic) bond motifs is 1. The van der Waals surface area contributed by atoms with Crippen LogP contribution in [0.25, 0.3) is 0 Å². The molecule has 0 aromatic heterocycles. The summed E-state index contributed by atoms with van der Waals surface area (Å²) in [6.07, 6.45) is 3.18. The molecule has 0 bridgehead atoms. The third-order valence-electron chi connectivity index (χ3n) is 7.01. The molecule has 4 rings (SSSR count). The van der Waals surface area contributed by atoms with Gasteiger partial charge in [-0.3, -0.25) is 19.7 Å². The molecule has 0 unspecified atom stereocenters. The average Bonchev–Trinajstić information content (AvgIpc) is 3.15. The van der Waals surface area contributed by atoms with Crippen LogP contribution in [0.2, 0.25) is 0 Å². The van der Waals surface area contributed by atoms with E-state index in [2.05, 4.69) is 22.6 Å². The Morgan fingerprint density at radius 3 is 2.52 bits per heavy atom. The van der Waals surface area contributed by atoms with Crippen molar-refractivity contribution in [2.45, 2.75) is 32.0 Å². The SMILES string of the molecule is C[C@@H](/C=C/CC(=O)N(CCO)Cc1ccccc1)[C@]1(O)C(=O)N(Cc2cccc(I)c2)c2ccc([N+](=O)[O-])cc21. The second-order valence-corrected chi connectivity index (χ2v) is 10.9. The van der Waals surface area contributed by atoms with Gasteiger partial charge in [-0.2, -0.15) is 0 Å². The zero-order valence-electron chi connectivity index (χ0n) is 21.9. The Bertz CT molecular complexity index is 1430. The van der Waals surface area contributed by atoms with Gasteiger partial charge < -0.3 is 20.0 Å². The third kappa shape index (κ3) is 6.24. The number of anilines is 1. The molecule has 0 saturated heterocycles. The van der Waals surface area contributed by atoms with Crippen molar-refractivity contribution in [2.24, 2.45) is 5.92 Å². The van der Waals surface area contributed by atoms with Gasteiger partial charge in [-0.1, -0.05) is 61.5 Å². The number of nitro groups is 1. The Morgan fingerprint density at radius 1 is 1.12 bits per heavy atom. The lowest BCUT2D eigenvalue weighted by Gasteiger charge is -2.27. The lowest BCUT2D eigenvalue weighted by Crippen LogP contribution is -2.44. The number of rotatable bonds is 11. The summed E-state index contributed by atoms with van der Waals surface area (Å²) >= 11 is 2.18. The van der Waals surface area contributed by atoms with E-state index < -0.39 is 22.3 Å². The van der Waals surface area contributed by atoms with Crippen LogP contribution in [0, 0.1) is 19.6 Å². The molecule has 3 aromatic carbocycles. The fourth-order valence-corrected chi connectivity index (χ4v) is 5.49. The zero-order chi connectivity index (χ0) is 28.9. The largest absolute Gasteiger partial charge is 0.395 e. The predicted molar refractivity (Wildman–Crippen MR) is 159 cm³/mol. The number of nitrogens with zero attached hydrogens (tertiary/aromatic N) is 3. The number of halogens is 1. The molecule has 2 N–H and O–H groups in total. The van der Waals surface area contributed by atoms with Crippen LogP contribution in [0.15, 0.2) is 84.9 Å². The number of hydrogen-bond donors (Lipinski definition) is 2. The highest BCUT2D eigenvalue weighted by Gasteiger charge is 2.53. The summed E-state index contributed by atoms with van der Waals surface area (Å²) < 4.78 is 0.990. The van der Waals surface area contributed by atoms with Crippen LogP contribution in [0.5, 0.6) is 0 Å². The molecule has 0 saturated carbocycles. The van der Waals surface area contributed by atoms with Crippen LogP contribution in [0.1, 0.15) is 30.0 Å². The van der Waals surface area contributed by atoms with Gasteiger partial charge in [-0.15, -0.1) is 0 Å². The van der Waals surface area contributed by atoms with Crippen LogP contribution < -0.4 is 4.90 Å². The maximum Gasteiger partial charge on any atom is 0.269 e. The molecule has 1 heterocycles. The van der Waals surface area contributed by atoms with E-state index in [1.807, 2.05) is 54.6 Å². The van der Waals surface area contributed by atoms with E-state index in [1.54, 1.807) is 24.0 Å². The van der Waals surface area contributed by atoms with Gasteiger partial charge in [0.15, 0.2) is 5.60 Å². The van der Waals surface area contributed by atoms with E-state index in [0.29, 0.717) is 12.2 Å². The second kappa shape index (κ2) is 12.7. The number of amides is 2. The predicted octanol–water partition coefficient (Wildman–Crippen LogP) is 4.54. The first kappa shape index (κ1) is 29.4. The van der Waals surface area contributed by atoms with Crippen molar-refractivity contribution in [2.75, 3.05) is 18.1 Å². The maximum absolute atomic E-state index is 13.8. The molecule has 0 aliphatic carbocycles. The van der Waals surface area contributed by atoms with Gasteiger partial charge in [0.25, 0.3) is 11.6 Å². The van der Waals surface area contributed by atoms with E-state index in [0.717, 1.165) is 14.7 Å². The van der Waals surface area contributed by atoms with Gasteiger partial charge in [0.1, 0.15) is 0 Å². The normalized spacial score (nSPS) is 17.2. The average molecular weight is 655 g/mol. The molecule has 9 nitrogen and oxygen atoms in total. The van der Waals surface area contributed by atoms with Gasteiger partial charge in [0.2, 0.25) is 5.91 Å².